The number of phenolic OH excluding ortho intramolecular Hbond substituents is 1. The minimum Gasteiger partial charge on any atom is -0.508 e. The second kappa shape index (κ2) is 5.79. The summed E-state index contributed by atoms with van der Waals surface area (Å²) in [6, 6.07) is 4.36. The number of carbonyl (C=O) groups excluding carboxylic acids is 1. The van der Waals surface area contributed by atoms with Gasteiger partial charge < -0.3 is 9.84 Å². The van der Waals surface area contributed by atoms with Crippen LogP contribution in [0.3, 0.4) is 0 Å². The molecule has 0 radical (unpaired) electrons. The van der Waals surface area contributed by atoms with Crippen molar-refractivity contribution in [3.8, 4) is 5.75 Å². The van der Waals surface area contributed by atoms with Gasteiger partial charge in [-0.1, -0.05) is 6.07 Å². The number of hydrogen-bond acceptors (Lipinski definition) is 5. The number of phenols is 1. The first kappa shape index (κ1) is 15.1. The van der Waals surface area contributed by atoms with Gasteiger partial charge >= 0.3 is 16.3 Å². The highest BCUT2D eigenvalue weighted by molar-refractivity contribution is 7.91. The first-order valence-electron chi connectivity index (χ1n) is 5.51. The summed E-state index contributed by atoms with van der Waals surface area (Å²) in [5.74, 6) is -0.0510. The fourth-order valence-electron chi connectivity index (χ4n) is 1.25. The summed E-state index contributed by atoms with van der Waals surface area (Å²) >= 11 is 0. The second-order valence-electron chi connectivity index (χ2n) is 4.11. The predicted octanol–water partition coefficient (Wildman–Crippen LogP) is 1.49. The summed E-state index contributed by atoms with van der Waals surface area (Å²) in [6.07, 6.45) is -1.50. The topological polar surface area (TPSA) is 105 Å². The van der Waals surface area contributed by atoms with Crippen molar-refractivity contribution < 1.29 is 23.1 Å². The van der Waals surface area contributed by atoms with Crippen molar-refractivity contribution in [2.75, 3.05) is 4.72 Å². The Morgan fingerprint density at radius 2 is 2.00 bits per heavy atom. The highest BCUT2D eigenvalue weighted by atomic mass is 32.2. The maximum Gasteiger partial charge on any atom is 0.422 e. The first-order chi connectivity index (χ1) is 8.71. The second-order valence-corrected chi connectivity index (χ2v) is 5.53. The summed E-state index contributed by atoms with van der Waals surface area (Å²) in [5, 5.41) is 9.45. The van der Waals surface area contributed by atoms with Gasteiger partial charge in [0.1, 0.15) is 5.75 Å². The van der Waals surface area contributed by atoms with Crippen LogP contribution in [0.4, 0.5) is 10.5 Å². The van der Waals surface area contributed by atoms with E-state index in [9.17, 15) is 18.3 Å². The molecule has 8 heteroatoms. The molecule has 0 atom stereocenters. The van der Waals surface area contributed by atoms with Gasteiger partial charge in [0, 0.05) is 5.56 Å². The van der Waals surface area contributed by atoms with E-state index >= 15 is 0 Å². The third-order valence-electron chi connectivity index (χ3n) is 2.11. The van der Waals surface area contributed by atoms with E-state index in [1.54, 1.807) is 25.5 Å². The molecular formula is C11H16N2O5S. The molecule has 0 aliphatic carbocycles. The zero-order valence-corrected chi connectivity index (χ0v) is 11.6. The van der Waals surface area contributed by atoms with E-state index in [1.807, 2.05) is 0 Å². The minimum absolute atomic E-state index is 0.0510. The third kappa shape index (κ3) is 4.66. The number of anilines is 1. The molecular weight excluding hydrogens is 272 g/mol. The number of ether oxygens (including phenoxy) is 1. The minimum atomic E-state index is -4.10. The van der Waals surface area contributed by atoms with E-state index < -0.39 is 22.4 Å². The molecule has 0 aliphatic heterocycles. The molecule has 7 nitrogen and oxygen atoms in total. The van der Waals surface area contributed by atoms with Gasteiger partial charge in [0.15, 0.2) is 0 Å². The van der Waals surface area contributed by atoms with Crippen molar-refractivity contribution in [2.45, 2.75) is 26.9 Å². The molecule has 0 spiro atoms. The SMILES string of the molecule is Cc1c(O)cccc1NS(=O)(=O)NC(=O)OC(C)C. The highest BCUT2D eigenvalue weighted by Gasteiger charge is 2.17. The number of nitrogens with one attached hydrogen (secondary N) is 2. The molecule has 0 bridgehead atoms. The molecule has 0 heterocycles. The van der Waals surface area contributed by atoms with E-state index in [0.717, 1.165) is 0 Å². The van der Waals surface area contributed by atoms with Crippen molar-refractivity contribution in [1.29, 1.82) is 0 Å². The quantitative estimate of drug-likeness (QED) is 0.778. The number of carbonyl (C=O) groups is 1. The molecule has 0 saturated heterocycles. The van der Waals surface area contributed by atoms with Crippen LogP contribution in [0.2, 0.25) is 0 Å². The van der Waals surface area contributed by atoms with Crippen LogP contribution in [0, 0.1) is 6.92 Å². The van der Waals surface area contributed by atoms with Gasteiger partial charge in [-0.15, -0.1) is 0 Å². The first-order valence-corrected chi connectivity index (χ1v) is 6.99. The Kier molecular flexibility index (Phi) is 4.60. The summed E-state index contributed by atoms with van der Waals surface area (Å²) in [7, 11) is -4.10. The summed E-state index contributed by atoms with van der Waals surface area (Å²) in [4.78, 5) is 11.2. The van der Waals surface area contributed by atoms with E-state index in [2.05, 4.69) is 9.46 Å². The van der Waals surface area contributed by atoms with Crippen molar-refractivity contribution in [1.82, 2.24) is 4.72 Å². The molecule has 106 valence electrons. The molecule has 0 aromatic heterocycles. The van der Waals surface area contributed by atoms with E-state index in [4.69, 9.17) is 0 Å². The fraction of sp³-hybridized carbons (Fsp3) is 0.364. The molecule has 1 rings (SSSR count). The van der Waals surface area contributed by atoms with Crippen LogP contribution in [0.25, 0.3) is 0 Å². The lowest BCUT2D eigenvalue weighted by molar-refractivity contribution is 0.121. The van der Waals surface area contributed by atoms with Crippen molar-refractivity contribution in [3.05, 3.63) is 23.8 Å². The zero-order valence-electron chi connectivity index (χ0n) is 10.8. The Morgan fingerprint density at radius 1 is 1.37 bits per heavy atom. The summed E-state index contributed by atoms with van der Waals surface area (Å²) in [5.41, 5.74) is 0.523. The summed E-state index contributed by atoms with van der Waals surface area (Å²) in [6.45, 7) is 4.73. The molecule has 1 aromatic carbocycles. The number of hydrogen-bond donors (Lipinski definition) is 3. The van der Waals surface area contributed by atoms with Gasteiger partial charge in [-0.05, 0) is 32.9 Å². The van der Waals surface area contributed by atoms with E-state index in [1.165, 1.54) is 18.2 Å². The largest absolute Gasteiger partial charge is 0.508 e. The predicted molar refractivity (Wildman–Crippen MR) is 70.1 cm³/mol. The van der Waals surface area contributed by atoms with Crippen LogP contribution in [0.15, 0.2) is 18.2 Å². The molecule has 0 fully saturated rings. The van der Waals surface area contributed by atoms with Crippen molar-refractivity contribution in [3.63, 3.8) is 0 Å². The van der Waals surface area contributed by atoms with Crippen LogP contribution in [-0.4, -0.2) is 25.7 Å². The Hall–Kier alpha value is -1.96. The van der Waals surface area contributed by atoms with E-state index in [-0.39, 0.29) is 11.4 Å². The highest BCUT2D eigenvalue weighted by Crippen LogP contribution is 2.24. The lowest BCUT2D eigenvalue weighted by Crippen LogP contribution is -2.36. The fourth-order valence-corrected chi connectivity index (χ4v) is 2.08. The number of aromatic hydroxyl groups is 1. The van der Waals surface area contributed by atoms with Crippen molar-refractivity contribution in [2.24, 2.45) is 0 Å². The van der Waals surface area contributed by atoms with E-state index in [0.29, 0.717) is 5.56 Å². The van der Waals surface area contributed by atoms with Crippen molar-refractivity contribution >= 4 is 22.0 Å². The Balaban J connectivity index is 2.80. The molecule has 0 aliphatic rings. The molecule has 3 N–H and O–H groups in total. The van der Waals surface area contributed by atoms with Crippen LogP contribution in [0.1, 0.15) is 19.4 Å². The average molecular weight is 288 g/mol. The molecule has 0 unspecified atom stereocenters. The normalized spacial score (nSPS) is 11.2. The Labute approximate surface area is 111 Å². The third-order valence-corrected chi connectivity index (χ3v) is 3.03. The maximum absolute atomic E-state index is 11.7. The monoisotopic (exact) mass is 288 g/mol. The van der Waals surface area contributed by atoms with Gasteiger partial charge in [-0.2, -0.15) is 8.42 Å². The number of amides is 1. The molecule has 1 aromatic rings. The van der Waals surface area contributed by atoms with Gasteiger partial charge in [0.05, 0.1) is 11.8 Å². The van der Waals surface area contributed by atoms with Gasteiger partial charge in [-0.3, -0.25) is 4.72 Å². The summed E-state index contributed by atoms with van der Waals surface area (Å²) < 4.78 is 31.8. The zero-order chi connectivity index (χ0) is 14.6. The van der Waals surface area contributed by atoms with Gasteiger partial charge in [0.2, 0.25) is 0 Å². The smallest absolute Gasteiger partial charge is 0.422 e. The van der Waals surface area contributed by atoms with Gasteiger partial charge in [0.25, 0.3) is 0 Å². The van der Waals surface area contributed by atoms with Crippen LogP contribution < -0.4 is 9.44 Å². The lowest BCUT2D eigenvalue weighted by Gasteiger charge is -2.13. The molecule has 0 saturated carbocycles. The number of rotatable bonds is 4. The standard InChI is InChI=1S/C11H16N2O5S/c1-7(2)18-11(15)13-19(16,17)12-9-5-4-6-10(14)8(9)3/h4-7,12,14H,1-3H3,(H,13,15). The molecule has 1 amide bonds. The Bertz CT molecular complexity index is 568. The maximum atomic E-state index is 11.7. The van der Waals surface area contributed by atoms with Crippen LogP contribution in [0.5, 0.6) is 5.75 Å². The number of benzene rings is 1. The Morgan fingerprint density at radius 3 is 2.58 bits per heavy atom. The van der Waals surface area contributed by atoms with Gasteiger partial charge in [-0.25, -0.2) is 9.52 Å². The average Bonchev–Trinajstić information content (AvgIpc) is 2.22. The lowest BCUT2D eigenvalue weighted by atomic mass is 10.2. The van der Waals surface area contributed by atoms with Crippen LogP contribution >= 0.6 is 0 Å². The van der Waals surface area contributed by atoms with Crippen LogP contribution in [-0.2, 0) is 14.9 Å². The molecule has 19 heavy (non-hydrogen) atoms.